The van der Waals surface area contributed by atoms with Crippen molar-refractivity contribution < 1.29 is 4.79 Å². The number of hydrogen-bond donors (Lipinski definition) is 1. The Morgan fingerprint density at radius 3 is 2.89 bits per heavy atom. The second-order valence-electron chi connectivity index (χ2n) is 5.70. The van der Waals surface area contributed by atoms with Crippen molar-refractivity contribution in [3.8, 4) is 0 Å². The molecule has 1 aromatic carbocycles. The van der Waals surface area contributed by atoms with Gasteiger partial charge < -0.3 is 10.6 Å². The van der Waals surface area contributed by atoms with E-state index in [-0.39, 0.29) is 11.9 Å². The normalized spacial score (nSPS) is 21.2. The molecule has 1 saturated heterocycles. The summed E-state index contributed by atoms with van der Waals surface area (Å²) in [5, 5.41) is 0. The molecular weight excluding hydrogens is 236 g/mol. The van der Waals surface area contributed by atoms with Gasteiger partial charge in [-0.3, -0.25) is 4.79 Å². The Morgan fingerprint density at radius 1 is 1.47 bits per heavy atom. The van der Waals surface area contributed by atoms with Crippen LogP contribution in [0.4, 0.5) is 0 Å². The first-order valence-corrected chi connectivity index (χ1v) is 7.16. The first-order valence-electron chi connectivity index (χ1n) is 7.16. The third-order valence-corrected chi connectivity index (χ3v) is 4.16. The van der Waals surface area contributed by atoms with Gasteiger partial charge in [0.05, 0.1) is 6.42 Å². The Labute approximate surface area is 115 Å². The van der Waals surface area contributed by atoms with Crippen LogP contribution in [0.25, 0.3) is 0 Å². The van der Waals surface area contributed by atoms with Crippen LogP contribution >= 0.6 is 0 Å². The molecule has 1 aromatic rings. The Balaban J connectivity index is 1.98. The van der Waals surface area contributed by atoms with Gasteiger partial charge in [0.15, 0.2) is 0 Å². The maximum absolute atomic E-state index is 12.4. The minimum absolute atomic E-state index is 0.175. The highest BCUT2D eigenvalue weighted by Gasteiger charge is 2.25. The predicted molar refractivity (Wildman–Crippen MR) is 77.8 cm³/mol. The molecule has 2 N–H and O–H groups in total. The molecule has 1 aliphatic heterocycles. The van der Waals surface area contributed by atoms with E-state index in [1.807, 2.05) is 30.0 Å². The van der Waals surface area contributed by atoms with E-state index in [1.165, 1.54) is 5.56 Å². The number of benzene rings is 1. The summed E-state index contributed by atoms with van der Waals surface area (Å²) < 4.78 is 0. The van der Waals surface area contributed by atoms with Crippen LogP contribution in [0.5, 0.6) is 0 Å². The molecule has 3 nitrogen and oxygen atoms in total. The second kappa shape index (κ2) is 6.20. The highest BCUT2D eigenvalue weighted by atomic mass is 16.2. The topological polar surface area (TPSA) is 46.3 Å². The van der Waals surface area contributed by atoms with Gasteiger partial charge in [-0.05, 0) is 43.7 Å². The van der Waals surface area contributed by atoms with Crippen LogP contribution in [0.1, 0.15) is 30.9 Å². The third kappa shape index (κ3) is 3.57. The van der Waals surface area contributed by atoms with Gasteiger partial charge in [-0.1, -0.05) is 24.3 Å². The van der Waals surface area contributed by atoms with Gasteiger partial charge in [0, 0.05) is 19.1 Å². The van der Waals surface area contributed by atoms with Crippen LogP contribution in [0, 0.1) is 12.8 Å². The lowest BCUT2D eigenvalue weighted by Crippen LogP contribution is -2.45. The van der Waals surface area contributed by atoms with Gasteiger partial charge in [-0.25, -0.2) is 0 Å². The summed E-state index contributed by atoms with van der Waals surface area (Å²) in [5.41, 5.74) is 8.29. The average molecular weight is 260 g/mol. The highest BCUT2D eigenvalue weighted by Crippen LogP contribution is 2.20. The van der Waals surface area contributed by atoms with Crippen molar-refractivity contribution in [1.82, 2.24) is 4.90 Å². The molecule has 0 unspecified atom stereocenters. The Bertz CT molecular complexity index is 442. The number of aryl methyl sites for hydroxylation is 1. The zero-order valence-corrected chi connectivity index (χ0v) is 11.9. The van der Waals surface area contributed by atoms with Crippen LogP contribution in [0.2, 0.25) is 0 Å². The molecule has 2 atom stereocenters. The number of hydrogen-bond acceptors (Lipinski definition) is 2. The van der Waals surface area contributed by atoms with Crippen LogP contribution in [0.3, 0.4) is 0 Å². The highest BCUT2D eigenvalue weighted by molar-refractivity contribution is 5.79. The maximum atomic E-state index is 12.4. The van der Waals surface area contributed by atoms with Crippen LogP contribution in [-0.4, -0.2) is 29.9 Å². The van der Waals surface area contributed by atoms with E-state index in [4.69, 9.17) is 5.73 Å². The van der Waals surface area contributed by atoms with Crippen molar-refractivity contribution in [2.75, 3.05) is 13.1 Å². The van der Waals surface area contributed by atoms with Gasteiger partial charge in [0.1, 0.15) is 0 Å². The minimum Gasteiger partial charge on any atom is -0.342 e. The van der Waals surface area contributed by atoms with Crippen LogP contribution < -0.4 is 5.73 Å². The number of likely N-dealkylation sites (tertiary alicyclic amines) is 1. The summed E-state index contributed by atoms with van der Waals surface area (Å²) in [6.07, 6.45) is 2.73. The lowest BCUT2D eigenvalue weighted by molar-refractivity contribution is -0.132. The van der Waals surface area contributed by atoms with Crippen molar-refractivity contribution in [2.45, 2.75) is 39.2 Å². The van der Waals surface area contributed by atoms with Crippen molar-refractivity contribution in [2.24, 2.45) is 11.7 Å². The van der Waals surface area contributed by atoms with Gasteiger partial charge >= 0.3 is 0 Å². The number of amides is 1. The second-order valence-corrected chi connectivity index (χ2v) is 5.70. The van der Waals surface area contributed by atoms with E-state index in [0.29, 0.717) is 12.3 Å². The maximum Gasteiger partial charge on any atom is 0.227 e. The zero-order valence-electron chi connectivity index (χ0n) is 11.9. The fourth-order valence-electron chi connectivity index (χ4n) is 2.75. The summed E-state index contributed by atoms with van der Waals surface area (Å²) in [4.78, 5) is 14.4. The van der Waals surface area contributed by atoms with Crippen LogP contribution in [0.15, 0.2) is 24.3 Å². The third-order valence-electron chi connectivity index (χ3n) is 4.16. The van der Waals surface area contributed by atoms with Gasteiger partial charge in [-0.2, -0.15) is 0 Å². The lowest BCUT2D eigenvalue weighted by Gasteiger charge is -2.34. The molecule has 0 bridgehead atoms. The number of carbonyl (C=O) groups is 1. The summed E-state index contributed by atoms with van der Waals surface area (Å²) >= 11 is 0. The standard InChI is InChI=1S/C16H24N2O/c1-12-6-3-4-7-14(12)10-16(19)18-9-5-8-15(11-18)13(2)17/h3-4,6-7,13,15H,5,8-11,17H2,1-2H3/t13-,15+/m0/s1. The minimum atomic E-state index is 0.175. The average Bonchev–Trinajstić information content (AvgIpc) is 2.41. The smallest absolute Gasteiger partial charge is 0.227 e. The molecule has 1 heterocycles. The summed E-state index contributed by atoms with van der Waals surface area (Å²) in [6.45, 7) is 5.81. The first kappa shape index (κ1) is 14.1. The molecule has 2 rings (SSSR count). The molecule has 0 spiro atoms. The summed E-state index contributed by atoms with van der Waals surface area (Å²) in [5.74, 6) is 0.689. The molecule has 0 aromatic heterocycles. The number of carbonyl (C=O) groups excluding carboxylic acids is 1. The van der Waals surface area contributed by atoms with Crippen LogP contribution in [-0.2, 0) is 11.2 Å². The van der Waals surface area contributed by atoms with Crippen molar-refractivity contribution in [1.29, 1.82) is 0 Å². The summed E-state index contributed by atoms with van der Waals surface area (Å²) in [7, 11) is 0. The lowest BCUT2D eigenvalue weighted by atomic mass is 9.92. The number of nitrogens with two attached hydrogens (primary N) is 1. The molecule has 104 valence electrons. The van der Waals surface area contributed by atoms with Crippen molar-refractivity contribution in [3.63, 3.8) is 0 Å². The molecule has 1 fully saturated rings. The molecule has 0 saturated carbocycles. The fourth-order valence-corrected chi connectivity index (χ4v) is 2.75. The number of nitrogens with zero attached hydrogens (tertiary/aromatic N) is 1. The van der Waals surface area contributed by atoms with E-state index in [2.05, 4.69) is 13.0 Å². The van der Waals surface area contributed by atoms with E-state index >= 15 is 0 Å². The van der Waals surface area contributed by atoms with E-state index < -0.39 is 0 Å². The molecule has 0 aliphatic carbocycles. The van der Waals surface area contributed by atoms with Gasteiger partial charge in [-0.15, -0.1) is 0 Å². The Kier molecular flexibility index (Phi) is 4.59. The monoisotopic (exact) mass is 260 g/mol. The SMILES string of the molecule is Cc1ccccc1CC(=O)N1CCC[C@@H]([C@H](C)N)C1. The van der Waals surface area contributed by atoms with Gasteiger partial charge in [0.25, 0.3) is 0 Å². The van der Waals surface area contributed by atoms with Crippen molar-refractivity contribution >= 4 is 5.91 Å². The van der Waals surface area contributed by atoms with E-state index in [1.54, 1.807) is 0 Å². The van der Waals surface area contributed by atoms with E-state index in [9.17, 15) is 4.79 Å². The largest absolute Gasteiger partial charge is 0.342 e. The Morgan fingerprint density at radius 2 is 2.21 bits per heavy atom. The van der Waals surface area contributed by atoms with E-state index in [0.717, 1.165) is 31.5 Å². The fraction of sp³-hybridized carbons (Fsp3) is 0.562. The number of piperidine rings is 1. The predicted octanol–water partition coefficient (Wildman–Crippen LogP) is 2.12. The first-order chi connectivity index (χ1) is 9.08. The number of rotatable bonds is 3. The molecule has 1 amide bonds. The zero-order chi connectivity index (χ0) is 13.8. The molecular formula is C16H24N2O. The Hall–Kier alpha value is -1.35. The van der Waals surface area contributed by atoms with Gasteiger partial charge in [0.2, 0.25) is 5.91 Å². The summed E-state index contributed by atoms with van der Waals surface area (Å²) in [6, 6.07) is 8.28. The molecule has 3 heteroatoms. The molecule has 1 aliphatic rings. The molecule has 0 radical (unpaired) electrons. The quantitative estimate of drug-likeness (QED) is 0.905. The molecule has 19 heavy (non-hydrogen) atoms. The van der Waals surface area contributed by atoms with Crippen molar-refractivity contribution in [3.05, 3.63) is 35.4 Å².